The van der Waals surface area contributed by atoms with Crippen LogP contribution in [0.5, 0.6) is 0 Å². The average Bonchev–Trinajstić information content (AvgIpc) is 3.15. The van der Waals surface area contributed by atoms with Gasteiger partial charge in [-0.1, -0.05) is 24.3 Å². The number of aryl methyl sites for hydroxylation is 1. The van der Waals surface area contributed by atoms with Crippen molar-refractivity contribution in [3.8, 4) is 0 Å². The zero-order valence-corrected chi connectivity index (χ0v) is 15.3. The van der Waals surface area contributed by atoms with Gasteiger partial charge >= 0.3 is 0 Å². The van der Waals surface area contributed by atoms with E-state index in [1.54, 1.807) is 6.20 Å². The predicted molar refractivity (Wildman–Crippen MR) is 106 cm³/mol. The lowest BCUT2D eigenvalue weighted by molar-refractivity contribution is -0.121. The van der Waals surface area contributed by atoms with E-state index < -0.39 is 0 Å². The van der Waals surface area contributed by atoms with E-state index in [-0.39, 0.29) is 5.91 Å². The molecule has 6 heteroatoms. The molecule has 3 aromatic rings. The van der Waals surface area contributed by atoms with Crippen LogP contribution in [-0.2, 0) is 22.6 Å². The Kier molecular flexibility index (Phi) is 5.34. The quantitative estimate of drug-likeness (QED) is 0.730. The lowest BCUT2D eigenvalue weighted by Crippen LogP contribution is -2.37. The Hall–Kier alpha value is -2.86. The van der Waals surface area contributed by atoms with E-state index in [1.165, 1.54) is 5.39 Å². The van der Waals surface area contributed by atoms with E-state index >= 15 is 0 Å². The molecule has 1 fully saturated rings. The summed E-state index contributed by atoms with van der Waals surface area (Å²) in [5.41, 5.74) is 2.20. The van der Waals surface area contributed by atoms with E-state index in [4.69, 9.17) is 4.74 Å². The summed E-state index contributed by atoms with van der Waals surface area (Å²) in [6.45, 7) is 4.26. The van der Waals surface area contributed by atoms with Gasteiger partial charge in [0.1, 0.15) is 5.82 Å². The minimum atomic E-state index is 0.0459. The normalized spacial score (nSPS) is 14.4. The van der Waals surface area contributed by atoms with Crippen LogP contribution in [0.25, 0.3) is 10.9 Å². The number of aromatic nitrogens is 2. The van der Waals surface area contributed by atoms with Gasteiger partial charge in [-0.05, 0) is 23.6 Å². The second-order valence-electron chi connectivity index (χ2n) is 6.68. The highest BCUT2D eigenvalue weighted by atomic mass is 16.5. The molecular formula is C21H24N4O2. The maximum absolute atomic E-state index is 12.4. The van der Waals surface area contributed by atoms with Crippen molar-refractivity contribution in [2.24, 2.45) is 0 Å². The maximum Gasteiger partial charge on any atom is 0.222 e. The number of fused-ring (bicyclic) bond motifs is 1. The van der Waals surface area contributed by atoms with Gasteiger partial charge in [-0.25, -0.2) is 4.98 Å². The lowest BCUT2D eigenvalue weighted by atomic mass is 10.2. The van der Waals surface area contributed by atoms with Crippen molar-refractivity contribution in [3.63, 3.8) is 0 Å². The molecule has 0 radical (unpaired) electrons. The van der Waals surface area contributed by atoms with Crippen molar-refractivity contribution in [2.45, 2.75) is 19.5 Å². The topological polar surface area (TPSA) is 59.4 Å². The Balaban J connectivity index is 1.34. The number of anilines is 1. The Labute approximate surface area is 158 Å². The van der Waals surface area contributed by atoms with Crippen molar-refractivity contribution in [1.82, 2.24) is 14.9 Å². The minimum absolute atomic E-state index is 0.0459. The number of para-hydroxylation sites is 1. The summed E-state index contributed by atoms with van der Waals surface area (Å²) in [5, 5.41) is 4.24. The Bertz CT molecular complexity index is 915. The fourth-order valence-electron chi connectivity index (χ4n) is 3.47. The fraction of sp³-hybridized carbons (Fsp3) is 0.333. The second kappa shape index (κ2) is 8.22. The largest absolute Gasteiger partial charge is 0.378 e. The van der Waals surface area contributed by atoms with Crippen LogP contribution in [0.15, 0.2) is 54.9 Å². The van der Waals surface area contributed by atoms with Gasteiger partial charge < -0.3 is 19.5 Å². The van der Waals surface area contributed by atoms with Gasteiger partial charge in [0.05, 0.1) is 13.2 Å². The number of benzene rings is 1. The van der Waals surface area contributed by atoms with Gasteiger partial charge in [-0.15, -0.1) is 0 Å². The summed E-state index contributed by atoms with van der Waals surface area (Å²) in [5.74, 6) is 0.988. The molecule has 0 saturated carbocycles. The first-order valence-electron chi connectivity index (χ1n) is 9.38. The molecule has 2 aromatic heterocycles. The molecule has 0 atom stereocenters. The van der Waals surface area contributed by atoms with E-state index in [9.17, 15) is 4.79 Å². The van der Waals surface area contributed by atoms with Crippen LogP contribution in [-0.4, -0.2) is 41.8 Å². The molecule has 3 heterocycles. The molecule has 140 valence electrons. The number of carbonyl (C=O) groups excluding carboxylic acids is 1. The van der Waals surface area contributed by atoms with Crippen molar-refractivity contribution in [3.05, 3.63) is 60.4 Å². The molecule has 27 heavy (non-hydrogen) atoms. The van der Waals surface area contributed by atoms with Crippen LogP contribution < -0.4 is 10.2 Å². The number of pyridine rings is 1. The minimum Gasteiger partial charge on any atom is -0.378 e. The smallest absolute Gasteiger partial charge is 0.222 e. The maximum atomic E-state index is 12.4. The predicted octanol–water partition coefficient (Wildman–Crippen LogP) is 2.58. The van der Waals surface area contributed by atoms with E-state index in [2.05, 4.69) is 38.0 Å². The van der Waals surface area contributed by atoms with Gasteiger partial charge in [0.25, 0.3) is 0 Å². The highest BCUT2D eigenvalue weighted by molar-refractivity contribution is 5.80. The number of nitrogens with zero attached hydrogens (tertiary/aromatic N) is 3. The van der Waals surface area contributed by atoms with Crippen LogP contribution in [0, 0.1) is 0 Å². The Morgan fingerprint density at radius 1 is 1.11 bits per heavy atom. The first-order chi connectivity index (χ1) is 13.3. The second-order valence-corrected chi connectivity index (χ2v) is 6.68. The van der Waals surface area contributed by atoms with Crippen molar-refractivity contribution < 1.29 is 9.53 Å². The van der Waals surface area contributed by atoms with Crippen LogP contribution >= 0.6 is 0 Å². The zero-order chi connectivity index (χ0) is 18.5. The molecule has 1 aliphatic heterocycles. The molecule has 1 amide bonds. The highest BCUT2D eigenvalue weighted by Crippen LogP contribution is 2.18. The lowest BCUT2D eigenvalue weighted by Gasteiger charge is -2.29. The summed E-state index contributed by atoms with van der Waals surface area (Å²) >= 11 is 0. The third-order valence-electron chi connectivity index (χ3n) is 4.91. The molecular weight excluding hydrogens is 340 g/mol. The Morgan fingerprint density at radius 2 is 1.96 bits per heavy atom. The molecule has 1 saturated heterocycles. The standard InChI is InChI=1S/C21H24N4O2/c26-20(8-11-24-10-7-17-4-1-2-6-19(17)24)23-16-18-5-3-9-22-21(18)25-12-14-27-15-13-25/h1-7,9-10H,8,11-16H2,(H,23,26). The SMILES string of the molecule is O=C(CCn1ccc2ccccc21)NCc1cccnc1N1CCOCC1. The number of rotatable bonds is 6. The zero-order valence-electron chi connectivity index (χ0n) is 15.3. The van der Waals surface area contributed by atoms with Crippen molar-refractivity contribution in [1.29, 1.82) is 0 Å². The number of morpholine rings is 1. The highest BCUT2D eigenvalue weighted by Gasteiger charge is 2.16. The molecule has 6 nitrogen and oxygen atoms in total. The first-order valence-corrected chi connectivity index (χ1v) is 9.38. The van der Waals surface area contributed by atoms with Gasteiger partial charge in [0, 0.05) is 56.1 Å². The number of hydrogen-bond acceptors (Lipinski definition) is 4. The van der Waals surface area contributed by atoms with Crippen LogP contribution in [0.4, 0.5) is 5.82 Å². The molecule has 0 unspecified atom stereocenters. The Morgan fingerprint density at radius 3 is 2.85 bits per heavy atom. The summed E-state index contributed by atoms with van der Waals surface area (Å²) in [6.07, 6.45) is 4.29. The third kappa shape index (κ3) is 4.11. The molecule has 1 aliphatic rings. The van der Waals surface area contributed by atoms with Crippen LogP contribution in [0.2, 0.25) is 0 Å². The first kappa shape index (κ1) is 17.5. The number of carbonyl (C=O) groups is 1. The fourth-order valence-corrected chi connectivity index (χ4v) is 3.47. The summed E-state index contributed by atoms with van der Waals surface area (Å²) in [7, 11) is 0. The molecule has 0 spiro atoms. The number of nitrogens with one attached hydrogen (secondary N) is 1. The number of ether oxygens (including phenoxy) is 1. The van der Waals surface area contributed by atoms with Gasteiger partial charge in [0.2, 0.25) is 5.91 Å². The number of amides is 1. The van der Waals surface area contributed by atoms with Gasteiger partial charge in [-0.2, -0.15) is 0 Å². The summed E-state index contributed by atoms with van der Waals surface area (Å²) < 4.78 is 7.54. The molecule has 0 aliphatic carbocycles. The van der Waals surface area contributed by atoms with Gasteiger partial charge in [-0.3, -0.25) is 4.79 Å². The number of hydrogen-bond donors (Lipinski definition) is 1. The summed E-state index contributed by atoms with van der Waals surface area (Å²) in [6, 6.07) is 14.2. The van der Waals surface area contributed by atoms with Crippen LogP contribution in [0.3, 0.4) is 0 Å². The van der Waals surface area contributed by atoms with Crippen molar-refractivity contribution in [2.75, 3.05) is 31.2 Å². The van der Waals surface area contributed by atoms with E-state index in [0.29, 0.717) is 32.7 Å². The van der Waals surface area contributed by atoms with Crippen molar-refractivity contribution >= 4 is 22.6 Å². The van der Waals surface area contributed by atoms with Crippen LogP contribution in [0.1, 0.15) is 12.0 Å². The van der Waals surface area contributed by atoms with Gasteiger partial charge in [0.15, 0.2) is 0 Å². The molecule has 4 rings (SSSR count). The average molecular weight is 364 g/mol. The molecule has 1 N–H and O–H groups in total. The van der Waals surface area contributed by atoms with E-state index in [0.717, 1.165) is 30.0 Å². The van der Waals surface area contributed by atoms with E-state index in [1.807, 2.05) is 30.5 Å². The monoisotopic (exact) mass is 364 g/mol. The third-order valence-corrected chi connectivity index (χ3v) is 4.91. The molecule has 1 aromatic carbocycles. The molecule has 0 bridgehead atoms. The summed E-state index contributed by atoms with van der Waals surface area (Å²) in [4.78, 5) is 19.1.